The molecule has 0 saturated heterocycles. The molecule has 0 saturated carbocycles. The first kappa shape index (κ1) is 31.2. The van der Waals surface area contributed by atoms with Crippen molar-refractivity contribution in [3.63, 3.8) is 0 Å². The molecule has 0 spiro atoms. The van der Waals surface area contributed by atoms with Crippen LogP contribution in [0.25, 0.3) is 17.2 Å². The standard InChI is InChI=1S/C26H32FN7O6S/c1-8-40-23(24(28-4)29-15-16(2)27)17(3)41(35,36)33-26-32-31-25(18-11-9-14-21(30-18)39-7)34(26)22-19(37-5)12-10-13-20(22)38-6/h9-15,17,23H,4,8H2,1-3,5-7H3,(H,32,33)/b16-15+,29-24?/t17-,23-/m0/s1. The quantitative estimate of drug-likeness (QED) is 0.232. The number of aliphatic imine (C=N–C) groups is 2. The zero-order chi connectivity index (χ0) is 30.2. The SMILES string of the molecule is C=NC(=N/C=C(\C)F)[C@@H](OCC)[C@H](C)S(=O)(=O)Nc1nnc(-c2cccc(OC)n2)n1-c1c(OC)cccc1OC. The Balaban J connectivity index is 2.21. The topological polar surface area (TPSA) is 151 Å². The third kappa shape index (κ3) is 7.05. The van der Waals surface area contributed by atoms with Gasteiger partial charge >= 0.3 is 0 Å². The molecule has 0 radical (unpaired) electrons. The van der Waals surface area contributed by atoms with Gasteiger partial charge in [0.25, 0.3) is 0 Å². The summed E-state index contributed by atoms with van der Waals surface area (Å²) in [5.74, 6) is 0.237. The normalized spacial score (nSPS) is 13.8. The lowest BCUT2D eigenvalue weighted by molar-refractivity contribution is 0.108. The summed E-state index contributed by atoms with van der Waals surface area (Å²) in [4.78, 5) is 12.1. The predicted molar refractivity (Wildman–Crippen MR) is 154 cm³/mol. The maximum absolute atomic E-state index is 13.7. The summed E-state index contributed by atoms with van der Waals surface area (Å²) in [6.45, 7) is 7.82. The second kappa shape index (κ2) is 13.8. The number of methoxy groups -OCH3 is 3. The number of aromatic nitrogens is 4. The predicted octanol–water partition coefficient (Wildman–Crippen LogP) is 3.82. The number of sulfonamides is 1. The number of benzene rings is 1. The zero-order valence-corrected chi connectivity index (χ0v) is 24.3. The molecule has 0 aliphatic heterocycles. The molecule has 0 aliphatic carbocycles. The summed E-state index contributed by atoms with van der Waals surface area (Å²) in [6, 6.07) is 10.1. The van der Waals surface area contributed by atoms with Crippen LogP contribution < -0.4 is 18.9 Å². The lowest BCUT2D eigenvalue weighted by Crippen LogP contribution is -2.42. The van der Waals surface area contributed by atoms with E-state index < -0.39 is 27.2 Å². The molecule has 0 amide bonds. The highest BCUT2D eigenvalue weighted by Gasteiger charge is 2.36. The van der Waals surface area contributed by atoms with Gasteiger partial charge in [-0.3, -0.25) is 9.29 Å². The van der Waals surface area contributed by atoms with Gasteiger partial charge in [0.2, 0.25) is 21.9 Å². The van der Waals surface area contributed by atoms with Crippen LogP contribution in [-0.4, -0.2) is 80.0 Å². The average Bonchev–Trinajstić information content (AvgIpc) is 3.37. The Kier molecular flexibility index (Phi) is 10.5. The number of hydrogen-bond donors (Lipinski definition) is 1. The van der Waals surface area contributed by atoms with E-state index in [1.54, 1.807) is 43.3 Å². The molecule has 0 aliphatic rings. The van der Waals surface area contributed by atoms with E-state index in [-0.39, 0.29) is 24.2 Å². The molecule has 3 rings (SSSR count). The highest BCUT2D eigenvalue weighted by atomic mass is 32.2. The van der Waals surface area contributed by atoms with Crippen molar-refractivity contribution in [2.75, 3.05) is 32.7 Å². The second-order valence-electron chi connectivity index (χ2n) is 8.35. The molecule has 13 nitrogen and oxygen atoms in total. The van der Waals surface area contributed by atoms with Crippen LogP contribution in [0.2, 0.25) is 0 Å². The van der Waals surface area contributed by atoms with Crippen molar-refractivity contribution in [3.8, 4) is 34.6 Å². The Labute approximate surface area is 237 Å². The lowest BCUT2D eigenvalue weighted by atomic mass is 10.2. The van der Waals surface area contributed by atoms with E-state index in [0.29, 0.717) is 28.8 Å². The highest BCUT2D eigenvalue weighted by Crippen LogP contribution is 2.37. The molecule has 41 heavy (non-hydrogen) atoms. The molecular weight excluding hydrogens is 557 g/mol. The number of hydrogen-bond acceptors (Lipinski definition) is 10. The average molecular weight is 590 g/mol. The fourth-order valence-electron chi connectivity index (χ4n) is 3.77. The first-order chi connectivity index (χ1) is 19.6. The van der Waals surface area contributed by atoms with E-state index in [0.717, 1.165) is 6.20 Å². The van der Waals surface area contributed by atoms with Gasteiger partial charge in [-0.05, 0) is 45.7 Å². The number of allylic oxidation sites excluding steroid dienone is 1. The Morgan fingerprint density at radius 3 is 2.34 bits per heavy atom. The van der Waals surface area contributed by atoms with Crippen molar-refractivity contribution in [2.45, 2.75) is 32.1 Å². The third-order valence-electron chi connectivity index (χ3n) is 5.74. The summed E-state index contributed by atoms with van der Waals surface area (Å²) in [5, 5.41) is 7.09. The Morgan fingerprint density at radius 1 is 1.12 bits per heavy atom. The maximum atomic E-state index is 13.7. The number of halogens is 1. The number of nitrogens with zero attached hydrogens (tertiary/aromatic N) is 6. The van der Waals surface area contributed by atoms with Crippen LogP contribution in [0.4, 0.5) is 10.3 Å². The van der Waals surface area contributed by atoms with Crippen molar-refractivity contribution in [1.29, 1.82) is 0 Å². The van der Waals surface area contributed by atoms with Crippen LogP contribution in [0, 0.1) is 0 Å². The van der Waals surface area contributed by atoms with Crippen LogP contribution in [0.5, 0.6) is 17.4 Å². The van der Waals surface area contributed by atoms with Gasteiger partial charge in [-0.1, -0.05) is 12.1 Å². The molecule has 2 atom stereocenters. The van der Waals surface area contributed by atoms with Crippen LogP contribution in [-0.2, 0) is 14.8 Å². The number of ether oxygens (including phenoxy) is 4. The van der Waals surface area contributed by atoms with Gasteiger partial charge in [-0.2, -0.15) is 0 Å². The summed E-state index contributed by atoms with van der Waals surface area (Å²) in [5.41, 5.74) is 0.640. The monoisotopic (exact) mass is 589 g/mol. The molecular formula is C26H32FN7O6S. The van der Waals surface area contributed by atoms with E-state index >= 15 is 0 Å². The summed E-state index contributed by atoms with van der Waals surface area (Å²) >= 11 is 0. The molecule has 1 N–H and O–H groups in total. The molecule has 0 fully saturated rings. The molecule has 1 aromatic carbocycles. The zero-order valence-electron chi connectivity index (χ0n) is 23.5. The van der Waals surface area contributed by atoms with E-state index in [9.17, 15) is 12.8 Å². The number of nitrogens with one attached hydrogen (secondary N) is 1. The summed E-state index contributed by atoms with van der Waals surface area (Å²) in [6.07, 6.45) is -0.289. The van der Waals surface area contributed by atoms with Crippen molar-refractivity contribution in [2.24, 2.45) is 9.98 Å². The van der Waals surface area contributed by atoms with E-state index in [1.807, 2.05) is 0 Å². The molecule has 3 aromatic rings. The first-order valence-electron chi connectivity index (χ1n) is 12.3. The van der Waals surface area contributed by atoms with Crippen LogP contribution in [0.1, 0.15) is 20.8 Å². The first-order valence-corrected chi connectivity index (χ1v) is 13.8. The molecule has 2 aromatic heterocycles. The minimum Gasteiger partial charge on any atom is -0.494 e. The highest BCUT2D eigenvalue weighted by molar-refractivity contribution is 7.93. The fraction of sp³-hybridized carbons (Fsp3) is 0.346. The number of amidine groups is 1. The Hall–Kier alpha value is -4.37. The molecule has 2 heterocycles. The van der Waals surface area contributed by atoms with Gasteiger partial charge in [0.1, 0.15) is 40.1 Å². The van der Waals surface area contributed by atoms with Gasteiger partial charge in [-0.15, -0.1) is 10.2 Å². The number of rotatable bonds is 13. The van der Waals surface area contributed by atoms with Crippen molar-refractivity contribution in [1.82, 2.24) is 19.7 Å². The lowest BCUT2D eigenvalue weighted by Gasteiger charge is -2.24. The van der Waals surface area contributed by atoms with E-state index in [2.05, 4.69) is 36.6 Å². The minimum atomic E-state index is -4.29. The molecule has 220 valence electrons. The second-order valence-corrected chi connectivity index (χ2v) is 10.4. The Morgan fingerprint density at radius 2 is 1.78 bits per heavy atom. The largest absolute Gasteiger partial charge is 0.494 e. The fourth-order valence-corrected chi connectivity index (χ4v) is 4.87. The van der Waals surface area contributed by atoms with Gasteiger partial charge in [-0.25, -0.2) is 27.8 Å². The summed E-state index contributed by atoms with van der Waals surface area (Å²) < 4.78 is 66.8. The number of anilines is 1. The van der Waals surface area contributed by atoms with E-state index in [4.69, 9.17) is 18.9 Å². The smallest absolute Gasteiger partial charge is 0.243 e. The maximum Gasteiger partial charge on any atom is 0.243 e. The van der Waals surface area contributed by atoms with Crippen LogP contribution in [0.3, 0.4) is 0 Å². The van der Waals surface area contributed by atoms with Gasteiger partial charge < -0.3 is 18.9 Å². The van der Waals surface area contributed by atoms with Crippen LogP contribution >= 0.6 is 0 Å². The van der Waals surface area contributed by atoms with Crippen molar-refractivity contribution in [3.05, 3.63) is 48.4 Å². The van der Waals surface area contributed by atoms with Crippen molar-refractivity contribution < 1.29 is 31.8 Å². The van der Waals surface area contributed by atoms with Gasteiger partial charge in [0.05, 0.1) is 27.5 Å². The van der Waals surface area contributed by atoms with Gasteiger partial charge in [0, 0.05) is 12.7 Å². The van der Waals surface area contributed by atoms with Crippen molar-refractivity contribution >= 4 is 28.5 Å². The Bertz CT molecular complexity index is 1510. The molecule has 0 bridgehead atoms. The minimum absolute atomic E-state index is 0.115. The number of pyridine rings is 1. The molecule has 15 heteroatoms. The van der Waals surface area contributed by atoms with E-state index in [1.165, 1.54) is 39.7 Å². The van der Waals surface area contributed by atoms with Crippen LogP contribution in [0.15, 0.2) is 58.4 Å². The third-order valence-corrected chi connectivity index (χ3v) is 7.43. The van der Waals surface area contributed by atoms with Gasteiger partial charge in [0.15, 0.2) is 11.7 Å². The number of para-hydroxylation sites is 1. The summed E-state index contributed by atoms with van der Waals surface area (Å²) in [7, 11) is 0.100. The molecule has 0 unspecified atom stereocenters.